The second-order valence-electron chi connectivity index (χ2n) is 4.10. The molecule has 0 spiro atoms. The Labute approximate surface area is 106 Å². The van der Waals surface area contributed by atoms with Gasteiger partial charge in [0, 0.05) is 5.92 Å². The Morgan fingerprint density at radius 1 is 1.33 bits per heavy atom. The lowest BCUT2D eigenvalue weighted by molar-refractivity contribution is -0.136. The Morgan fingerprint density at radius 2 is 2.00 bits per heavy atom. The smallest absolute Gasteiger partial charge is 0.410 e. The fourth-order valence-electron chi connectivity index (χ4n) is 1.30. The van der Waals surface area contributed by atoms with Crippen LogP contribution in [0.4, 0.5) is 4.79 Å². The highest BCUT2D eigenvalue weighted by Crippen LogP contribution is 2.04. The molecule has 0 heterocycles. The molecule has 1 atom stereocenters. The van der Waals surface area contributed by atoms with Crippen molar-refractivity contribution in [1.29, 1.82) is 0 Å². The van der Waals surface area contributed by atoms with Crippen molar-refractivity contribution in [3.63, 3.8) is 0 Å². The van der Waals surface area contributed by atoms with E-state index in [1.807, 2.05) is 44.2 Å². The number of hydrogen-bond acceptors (Lipinski definition) is 4. The van der Waals surface area contributed by atoms with Gasteiger partial charge in [0.1, 0.15) is 6.61 Å². The number of alkyl carbamates (subject to hydrolysis) is 1. The number of nitrogens with one attached hydrogen (secondary N) is 1. The van der Waals surface area contributed by atoms with E-state index in [1.54, 1.807) is 0 Å². The summed E-state index contributed by atoms with van der Waals surface area (Å²) in [6.45, 7) is 4.14. The zero-order valence-electron chi connectivity index (χ0n) is 10.5. The van der Waals surface area contributed by atoms with Crippen molar-refractivity contribution in [3.8, 4) is 0 Å². The van der Waals surface area contributed by atoms with Crippen LogP contribution in [0.5, 0.6) is 0 Å². The minimum atomic E-state index is -0.675. The Kier molecular flexibility index (Phi) is 5.70. The molecule has 98 valence electrons. The molecule has 18 heavy (non-hydrogen) atoms. The van der Waals surface area contributed by atoms with Crippen LogP contribution >= 0.6 is 0 Å². The quantitative estimate of drug-likeness (QED) is 0.621. The summed E-state index contributed by atoms with van der Waals surface area (Å²) in [5.74, 6) is -0.0283. The fraction of sp³-hybridized carbons (Fsp3) is 0.385. The molecule has 1 amide bonds. The molecule has 0 aliphatic carbocycles. The standard InChI is InChI=1S/C13H17NO4/c1-10(2)12(18-9-15)14-13(16)17-8-11-6-4-3-5-7-11/h3-7,9-10,12H,8H2,1-2H3,(H,14,16)/t12-/m1/s1. The lowest BCUT2D eigenvalue weighted by atomic mass is 10.2. The van der Waals surface area contributed by atoms with Gasteiger partial charge in [0.25, 0.3) is 6.47 Å². The van der Waals surface area contributed by atoms with Crippen molar-refractivity contribution in [3.05, 3.63) is 35.9 Å². The van der Waals surface area contributed by atoms with E-state index in [2.05, 4.69) is 5.32 Å². The number of rotatable bonds is 6. The summed E-state index contributed by atoms with van der Waals surface area (Å²) in [7, 11) is 0. The third-order valence-electron chi connectivity index (χ3n) is 2.28. The first kappa shape index (κ1) is 14.0. The maximum absolute atomic E-state index is 11.5. The number of carbonyl (C=O) groups is 2. The van der Waals surface area contributed by atoms with Gasteiger partial charge in [-0.05, 0) is 5.56 Å². The topological polar surface area (TPSA) is 64.6 Å². The first-order valence-corrected chi connectivity index (χ1v) is 5.69. The van der Waals surface area contributed by atoms with Gasteiger partial charge in [0.05, 0.1) is 0 Å². The van der Waals surface area contributed by atoms with Gasteiger partial charge in [-0.2, -0.15) is 0 Å². The number of amides is 1. The summed E-state index contributed by atoms with van der Waals surface area (Å²) in [4.78, 5) is 21.7. The molecule has 0 saturated carbocycles. The summed E-state index contributed by atoms with van der Waals surface area (Å²) < 4.78 is 9.74. The second kappa shape index (κ2) is 7.32. The Balaban J connectivity index is 2.38. The fourth-order valence-corrected chi connectivity index (χ4v) is 1.30. The van der Waals surface area contributed by atoms with Crippen LogP contribution in [-0.4, -0.2) is 18.8 Å². The van der Waals surface area contributed by atoms with Crippen molar-refractivity contribution < 1.29 is 19.1 Å². The van der Waals surface area contributed by atoms with Gasteiger partial charge in [0.2, 0.25) is 0 Å². The summed E-state index contributed by atoms with van der Waals surface area (Å²) in [5, 5.41) is 2.47. The SMILES string of the molecule is CC(C)[C@H](NC(=O)OCc1ccccc1)OC=O. The van der Waals surface area contributed by atoms with Crippen LogP contribution in [0.25, 0.3) is 0 Å². The van der Waals surface area contributed by atoms with Crippen molar-refractivity contribution in [2.24, 2.45) is 5.92 Å². The van der Waals surface area contributed by atoms with Crippen LogP contribution in [-0.2, 0) is 20.9 Å². The van der Waals surface area contributed by atoms with Crippen LogP contribution in [0.3, 0.4) is 0 Å². The highest BCUT2D eigenvalue weighted by molar-refractivity contribution is 5.67. The number of benzene rings is 1. The maximum Gasteiger partial charge on any atom is 0.410 e. The highest BCUT2D eigenvalue weighted by Gasteiger charge is 2.17. The molecular weight excluding hydrogens is 234 g/mol. The largest absolute Gasteiger partial charge is 0.445 e. The molecule has 1 rings (SSSR count). The van der Waals surface area contributed by atoms with Gasteiger partial charge >= 0.3 is 6.09 Å². The first-order valence-electron chi connectivity index (χ1n) is 5.69. The molecule has 1 aromatic carbocycles. The van der Waals surface area contributed by atoms with E-state index in [1.165, 1.54) is 0 Å². The summed E-state index contributed by atoms with van der Waals surface area (Å²) in [6.07, 6.45) is -1.29. The zero-order valence-corrected chi connectivity index (χ0v) is 10.5. The van der Waals surface area contributed by atoms with E-state index in [0.717, 1.165) is 5.56 Å². The molecule has 0 saturated heterocycles. The molecule has 0 aliphatic heterocycles. The van der Waals surface area contributed by atoms with E-state index < -0.39 is 12.3 Å². The lowest BCUT2D eigenvalue weighted by Gasteiger charge is -2.19. The zero-order chi connectivity index (χ0) is 13.4. The molecule has 0 fully saturated rings. The normalized spacial score (nSPS) is 11.7. The van der Waals surface area contributed by atoms with E-state index >= 15 is 0 Å². The molecule has 0 bridgehead atoms. The molecule has 5 heteroatoms. The van der Waals surface area contributed by atoms with Gasteiger partial charge in [-0.1, -0.05) is 44.2 Å². The average Bonchev–Trinajstić information content (AvgIpc) is 2.37. The summed E-state index contributed by atoms with van der Waals surface area (Å²) in [6, 6.07) is 9.33. The van der Waals surface area contributed by atoms with Crippen LogP contribution in [0.15, 0.2) is 30.3 Å². The minimum absolute atomic E-state index is 0.0283. The first-order chi connectivity index (χ1) is 8.63. The Hall–Kier alpha value is -2.04. The van der Waals surface area contributed by atoms with Gasteiger partial charge in [-0.3, -0.25) is 10.1 Å². The molecule has 0 aliphatic rings. The lowest BCUT2D eigenvalue weighted by Crippen LogP contribution is -2.40. The van der Waals surface area contributed by atoms with E-state index in [-0.39, 0.29) is 12.5 Å². The van der Waals surface area contributed by atoms with Crippen LogP contribution in [0.1, 0.15) is 19.4 Å². The molecule has 0 aromatic heterocycles. The van der Waals surface area contributed by atoms with Crippen LogP contribution in [0, 0.1) is 5.92 Å². The van der Waals surface area contributed by atoms with Gasteiger partial charge in [-0.25, -0.2) is 4.79 Å². The monoisotopic (exact) mass is 251 g/mol. The third-order valence-corrected chi connectivity index (χ3v) is 2.28. The number of ether oxygens (including phenoxy) is 2. The van der Waals surface area contributed by atoms with Crippen LogP contribution < -0.4 is 5.32 Å². The maximum atomic E-state index is 11.5. The molecule has 1 N–H and O–H groups in total. The predicted molar refractivity (Wildman–Crippen MR) is 65.5 cm³/mol. The van der Waals surface area contributed by atoms with E-state index in [4.69, 9.17) is 9.47 Å². The van der Waals surface area contributed by atoms with E-state index in [0.29, 0.717) is 6.47 Å². The molecule has 0 radical (unpaired) electrons. The molecule has 0 unspecified atom stereocenters. The highest BCUT2D eigenvalue weighted by atomic mass is 16.6. The molecule has 1 aromatic rings. The Bertz CT molecular complexity index is 378. The van der Waals surface area contributed by atoms with Crippen LogP contribution in [0.2, 0.25) is 0 Å². The third kappa shape index (κ3) is 4.86. The molecular formula is C13H17NO4. The number of hydrogen-bond donors (Lipinski definition) is 1. The van der Waals surface area contributed by atoms with Gasteiger partial charge in [0.15, 0.2) is 6.23 Å². The second-order valence-corrected chi connectivity index (χ2v) is 4.10. The van der Waals surface area contributed by atoms with Crippen molar-refractivity contribution >= 4 is 12.6 Å². The van der Waals surface area contributed by atoms with Crippen molar-refractivity contribution in [2.45, 2.75) is 26.7 Å². The van der Waals surface area contributed by atoms with Gasteiger partial charge in [-0.15, -0.1) is 0 Å². The minimum Gasteiger partial charge on any atom is -0.445 e. The summed E-state index contributed by atoms with van der Waals surface area (Å²) >= 11 is 0. The van der Waals surface area contributed by atoms with E-state index in [9.17, 15) is 9.59 Å². The predicted octanol–water partition coefficient (Wildman–Crippen LogP) is 2.07. The summed E-state index contributed by atoms with van der Waals surface area (Å²) in [5.41, 5.74) is 0.894. The molecule has 5 nitrogen and oxygen atoms in total. The average molecular weight is 251 g/mol. The Morgan fingerprint density at radius 3 is 2.56 bits per heavy atom. The number of carbonyl (C=O) groups excluding carboxylic acids is 2. The van der Waals surface area contributed by atoms with Crippen molar-refractivity contribution in [2.75, 3.05) is 0 Å². The van der Waals surface area contributed by atoms with Crippen molar-refractivity contribution in [1.82, 2.24) is 5.32 Å². The van der Waals surface area contributed by atoms with Gasteiger partial charge < -0.3 is 9.47 Å².